The lowest BCUT2D eigenvalue weighted by atomic mass is 10.1. The highest BCUT2D eigenvalue weighted by atomic mass is 79.9. The van der Waals surface area contributed by atoms with Gasteiger partial charge in [-0.15, -0.1) is 0 Å². The molecule has 0 aliphatic heterocycles. The van der Waals surface area contributed by atoms with Crippen LogP contribution in [0, 0.1) is 10.1 Å². The van der Waals surface area contributed by atoms with Crippen LogP contribution in [0.25, 0.3) is 0 Å². The lowest BCUT2D eigenvalue weighted by molar-refractivity contribution is -0.384. The zero-order valence-corrected chi connectivity index (χ0v) is 15.4. The Balaban J connectivity index is 2.47. The Morgan fingerprint density at radius 3 is 2.50 bits per heavy atom. The van der Waals surface area contributed by atoms with Crippen molar-refractivity contribution in [2.75, 3.05) is 4.90 Å². The van der Waals surface area contributed by atoms with Gasteiger partial charge in [-0.05, 0) is 39.7 Å². The summed E-state index contributed by atoms with van der Waals surface area (Å²) in [7, 11) is 0. The van der Waals surface area contributed by atoms with Gasteiger partial charge in [0.1, 0.15) is 4.60 Å². The number of anilines is 1. The third-order valence-electron chi connectivity index (χ3n) is 3.36. The largest absolute Gasteiger partial charge is 0.416 e. The maximum absolute atomic E-state index is 12.7. The molecule has 0 spiro atoms. The quantitative estimate of drug-likeness (QED) is 0.372. The molecule has 0 aliphatic carbocycles. The summed E-state index contributed by atoms with van der Waals surface area (Å²) in [6.45, 7) is 0.876. The minimum atomic E-state index is -4.56. The zero-order chi connectivity index (χ0) is 19.6. The number of benzene rings is 1. The lowest BCUT2D eigenvalue weighted by Crippen LogP contribution is -2.29. The van der Waals surface area contributed by atoms with Gasteiger partial charge in [-0.1, -0.05) is 17.7 Å². The van der Waals surface area contributed by atoms with Crippen LogP contribution >= 0.6 is 27.5 Å². The Hall–Kier alpha value is -2.20. The SMILES string of the molecule is CC(=O)N(Cc1ccc(C(F)(F)F)cc1Cl)c1nc(Br)ccc1[N+](=O)[O-]. The third-order valence-corrected chi connectivity index (χ3v) is 4.16. The molecule has 11 heteroatoms. The average Bonchev–Trinajstić information content (AvgIpc) is 2.51. The van der Waals surface area contributed by atoms with E-state index in [1.165, 1.54) is 6.07 Å². The van der Waals surface area contributed by atoms with Crippen molar-refractivity contribution in [1.29, 1.82) is 0 Å². The number of rotatable bonds is 4. The van der Waals surface area contributed by atoms with Crippen molar-refractivity contribution in [3.63, 3.8) is 0 Å². The molecular weight excluding hydrogens is 443 g/mol. The van der Waals surface area contributed by atoms with Crippen molar-refractivity contribution in [1.82, 2.24) is 4.98 Å². The summed E-state index contributed by atoms with van der Waals surface area (Å²) >= 11 is 8.98. The number of nitro groups is 1. The Morgan fingerprint density at radius 1 is 1.35 bits per heavy atom. The van der Waals surface area contributed by atoms with E-state index in [-0.39, 0.29) is 27.6 Å². The van der Waals surface area contributed by atoms with Crippen molar-refractivity contribution in [2.45, 2.75) is 19.6 Å². The number of amides is 1. The van der Waals surface area contributed by atoms with Gasteiger partial charge in [-0.2, -0.15) is 13.2 Å². The first-order valence-electron chi connectivity index (χ1n) is 6.95. The summed E-state index contributed by atoms with van der Waals surface area (Å²) < 4.78 is 38.4. The molecule has 1 aromatic carbocycles. The maximum atomic E-state index is 12.7. The van der Waals surface area contributed by atoms with E-state index in [9.17, 15) is 28.1 Å². The summed E-state index contributed by atoms with van der Waals surface area (Å²) in [6.07, 6.45) is -4.56. The number of carbonyl (C=O) groups is 1. The number of aromatic nitrogens is 1. The third kappa shape index (κ3) is 4.50. The van der Waals surface area contributed by atoms with E-state index in [2.05, 4.69) is 20.9 Å². The molecule has 2 rings (SSSR count). The van der Waals surface area contributed by atoms with Crippen molar-refractivity contribution in [2.24, 2.45) is 0 Å². The number of pyridine rings is 1. The molecule has 0 saturated heterocycles. The highest BCUT2D eigenvalue weighted by Gasteiger charge is 2.31. The van der Waals surface area contributed by atoms with Gasteiger partial charge in [0.25, 0.3) is 0 Å². The van der Waals surface area contributed by atoms with Gasteiger partial charge in [-0.25, -0.2) is 4.98 Å². The minimum Gasteiger partial charge on any atom is -0.287 e. The molecule has 0 saturated carbocycles. The molecule has 1 heterocycles. The molecule has 1 aromatic heterocycles. The fourth-order valence-electron chi connectivity index (χ4n) is 2.12. The predicted octanol–water partition coefficient (Wildman–Crippen LogP) is 4.98. The van der Waals surface area contributed by atoms with Gasteiger partial charge >= 0.3 is 11.9 Å². The van der Waals surface area contributed by atoms with Gasteiger partial charge in [0.05, 0.1) is 17.0 Å². The smallest absolute Gasteiger partial charge is 0.287 e. The first-order chi connectivity index (χ1) is 12.0. The Morgan fingerprint density at radius 2 is 2.00 bits per heavy atom. The van der Waals surface area contributed by atoms with Crippen molar-refractivity contribution < 1.29 is 22.9 Å². The second-order valence-electron chi connectivity index (χ2n) is 5.14. The number of hydrogen-bond acceptors (Lipinski definition) is 4. The number of hydrogen-bond donors (Lipinski definition) is 0. The highest BCUT2D eigenvalue weighted by molar-refractivity contribution is 9.10. The number of carbonyl (C=O) groups excluding carboxylic acids is 1. The van der Waals surface area contributed by atoms with E-state index >= 15 is 0 Å². The summed E-state index contributed by atoms with van der Waals surface area (Å²) in [5.41, 5.74) is -1.18. The van der Waals surface area contributed by atoms with Crippen molar-refractivity contribution >= 4 is 44.9 Å². The van der Waals surface area contributed by atoms with Crippen LogP contribution in [0.2, 0.25) is 5.02 Å². The summed E-state index contributed by atoms with van der Waals surface area (Å²) in [5, 5.41) is 11.0. The molecule has 0 unspecified atom stereocenters. The number of nitrogens with zero attached hydrogens (tertiary/aromatic N) is 3. The lowest BCUT2D eigenvalue weighted by Gasteiger charge is -2.21. The highest BCUT2D eigenvalue weighted by Crippen LogP contribution is 2.34. The second-order valence-corrected chi connectivity index (χ2v) is 6.36. The van der Waals surface area contributed by atoms with E-state index in [0.29, 0.717) is 0 Å². The standard InChI is InChI=1S/C15H10BrClF3N3O3/c1-8(24)22(14-12(23(25)26)4-5-13(16)21-14)7-9-2-3-10(6-11(9)17)15(18,19)20/h2-6H,7H2,1H3. The molecule has 2 aromatic rings. The Kier molecular flexibility index (Phi) is 5.87. The normalized spacial score (nSPS) is 11.3. The van der Waals surface area contributed by atoms with Gasteiger partial charge < -0.3 is 0 Å². The molecule has 0 fully saturated rings. The first-order valence-corrected chi connectivity index (χ1v) is 8.12. The van der Waals surface area contributed by atoms with Gasteiger partial charge in [0.15, 0.2) is 0 Å². The number of halogens is 5. The molecule has 0 bridgehead atoms. The zero-order valence-electron chi connectivity index (χ0n) is 13.1. The van der Waals surface area contributed by atoms with Crippen LogP contribution in [0.5, 0.6) is 0 Å². The topological polar surface area (TPSA) is 76.3 Å². The van der Waals surface area contributed by atoms with E-state index in [1.54, 1.807) is 0 Å². The Labute approximate surface area is 158 Å². The maximum Gasteiger partial charge on any atom is 0.416 e. The fraction of sp³-hybridized carbons (Fsp3) is 0.200. The summed E-state index contributed by atoms with van der Waals surface area (Å²) in [6, 6.07) is 5.17. The van der Waals surface area contributed by atoms with E-state index < -0.39 is 28.3 Å². The van der Waals surface area contributed by atoms with E-state index in [1.807, 2.05) is 0 Å². The first kappa shape index (κ1) is 20.1. The molecule has 0 N–H and O–H groups in total. The molecule has 26 heavy (non-hydrogen) atoms. The predicted molar refractivity (Wildman–Crippen MR) is 91.9 cm³/mol. The van der Waals surface area contributed by atoms with Crippen LogP contribution in [0.15, 0.2) is 34.9 Å². The second kappa shape index (κ2) is 7.58. The molecule has 0 aliphatic rings. The molecule has 1 amide bonds. The van der Waals surface area contributed by atoms with Gasteiger partial charge in [0, 0.05) is 18.0 Å². The van der Waals surface area contributed by atoms with E-state index in [0.717, 1.165) is 36.1 Å². The van der Waals surface area contributed by atoms with Crippen LogP contribution in [-0.4, -0.2) is 15.8 Å². The molecule has 138 valence electrons. The van der Waals surface area contributed by atoms with Gasteiger partial charge in [-0.3, -0.25) is 19.8 Å². The molecule has 6 nitrogen and oxygen atoms in total. The average molecular weight is 453 g/mol. The van der Waals surface area contributed by atoms with Crippen molar-refractivity contribution in [3.8, 4) is 0 Å². The fourth-order valence-corrected chi connectivity index (χ4v) is 2.66. The Bertz CT molecular complexity index is 877. The monoisotopic (exact) mass is 451 g/mol. The molecule has 0 radical (unpaired) electrons. The number of alkyl halides is 3. The van der Waals surface area contributed by atoms with Crippen LogP contribution < -0.4 is 4.90 Å². The summed E-state index contributed by atoms with van der Waals surface area (Å²) in [5.74, 6) is -0.831. The van der Waals surface area contributed by atoms with E-state index in [4.69, 9.17) is 11.6 Å². The van der Waals surface area contributed by atoms with Crippen LogP contribution in [0.1, 0.15) is 18.1 Å². The minimum absolute atomic E-state index is 0.186. The van der Waals surface area contributed by atoms with Crippen LogP contribution in [0.4, 0.5) is 24.7 Å². The van der Waals surface area contributed by atoms with Crippen molar-refractivity contribution in [3.05, 3.63) is 61.2 Å². The summed E-state index contributed by atoms with van der Waals surface area (Å²) in [4.78, 5) is 27.4. The molecule has 0 atom stereocenters. The van der Waals surface area contributed by atoms with Gasteiger partial charge in [0.2, 0.25) is 11.7 Å². The van der Waals surface area contributed by atoms with Crippen LogP contribution in [-0.2, 0) is 17.5 Å². The van der Waals surface area contributed by atoms with Crippen LogP contribution in [0.3, 0.4) is 0 Å². The molecular formula is C15H10BrClF3N3O3.